The molecule has 25 heavy (non-hydrogen) atoms. The van der Waals surface area contributed by atoms with Gasteiger partial charge in [-0.05, 0) is 31.9 Å². The number of ether oxygens (including phenoxy) is 2. The van der Waals surface area contributed by atoms with Crippen LogP contribution < -0.4 is 4.74 Å². The first-order valence-corrected chi connectivity index (χ1v) is 9.07. The van der Waals surface area contributed by atoms with Crippen molar-refractivity contribution < 1.29 is 19.4 Å². The second-order valence-electron chi connectivity index (χ2n) is 6.44. The van der Waals surface area contributed by atoms with Gasteiger partial charge >= 0.3 is 0 Å². The molecule has 0 aliphatic carbocycles. The average Bonchev–Trinajstić information content (AvgIpc) is 2.84. The van der Waals surface area contributed by atoms with Gasteiger partial charge in [-0.1, -0.05) is 0 Å². The predicted molar refractivity (Wildman–Crippen MR) is 92.7 cm³/mol. The highest BCUT2D eigenvalue weighted by Crippen LogP contribution is 2.22. The molecule has 2 atom stereocenters. The molecule has 2 aliphatic heterocycles. The van der Waals surface area contributed by atoms with E-state index >= 15 is 0 Å². The summed E-state index contributed by atoms with van der Waals surface area (Å²) in [7, 11) is 0. The maximum atomic E-state index is 12.9. The number of likely N-dealkylation sites (tertiary alicyclic amines) is 1. The number of rotatable bonds is 4. The van der Waals surface area contributed by atoms with Crippen molar-refractivity contribution in [3.8, 4) is 5.88 Å². The molecule has 1 N–H and O–H groups in total. The summed E-state index contributed by atoms with van der Waals surface area (Å²) in [4.78, 5) is 21.2. The van der Waals surface area contributed by atoms with Crippen LogP contribution in [0.25, 0.3) is 0 Å². The number of carbonyl (C=O) groups is 1. The number of aliphatic hydroxyl groups excluding tert-OH is 1. The Hall–Kier alpha value is -1.70. The summed E-state index contributed by atoms with van der Waals surface area (Å²) in [6.45, 7) is 6.60. The van der Waals surface area contributed by atoms with Gasteiger partial charge in [-0.2, -0.15) is 0 Å². The lowest BCUT2D eigenvalue weighted by molar-refractivity contribution is -0.0222. The number of aliphatic hydroxyl groups is 1. The van der Waals surface area contributed by atoms with Crippen LogP contribution in [0, 0.1) is 0 Å². The molecule has 3 rings (SSSR count). The third-order valence-corrected chi connectivity index (χ3v) is 4.92. The van der Waals surface area contributed by atoms with E-state index < -0.39 is 6.10 Å². The standard InChI is InChI=1S/C18H27N3O4/c1-2-25-17-14(4-3-7-19-17)18(23)21-8-5-15(16(22)6-9-21)20-10-12-24-13-11-20/h3-4,7,15-16,22H,2,5-6,8-13H2,1H3/t15-,16-/m0/s1. The van der Waals surface area contributed by atoms with E-state index in [1.807, 2.05) is 11.8 Å². The lowest BCUT2D eigenvalue weighted by Crippen LogP contribution is -2.49. The molecule has 138 valence electrons. The Balaban J connectivity index is 1.69. The SMILES string of the molecule is CCOc1ncccc1C(=O)N1CC[C@H](O)[C@@H](N2CCOCC2)CC1. The number of nitrogens with zero attached hydrogens (tertiary/aromatic N) is 3. The zero-order valence-electron chi connectivity index (χ0n) is 14.8. The van der Waals surface area contributed by atoms with Gasteiger partial charge in [0.05, 0.1) is 25.9 Å². The minimum absolute atomic E-state index is 0.0774. The number of morpholine rings is 1. The van der Waals surface area contributed by atoms with E-state index in [4.69, 9.17) is 9.47 Å². The van der Waals surface area contributed by atoms with Crippen LogP contribution in [-0.2, 0) is 4.74 Å². The first kappa shape index (κ1) is 18.1. The summed E-state index contributed by atoms with van der Waals surface area (Å²) >= 11 is 0. The third-order valence-electron chi connectivity index (χ3n) is 4.92. The summed E-state index contributed by atoms with van der Waals surface area (Å²) < 4.78 is 10.9. The fourth-order valence-corrected chi connectivity index (χ4v) is 3.59. The first-order valence-electron chi connectivity index (χ1n) is 9.07. The Kier molecular flexibility index (Phi) is 6.23. The van der Waals surface area contributed by atoms with Crippen molar-refractivity contribution >= 4 is 5.91 Å². The molecule has 0 unspecified atom stereocenters. The van der Waals surface area contributed by atoms with Crippen LogP contribution in [0.2, 0.25) is 0 Å². The molecule has 0 radical (unpaired) electrons. The van der Waals surface area contributed by atoms with Crippen molar-refractivity contribution in [3.63, 3.8) is 0 Å². The molecule has 7 nitrogen and oxygen atoms in total. The lowest BCUT2D eigenvalue weighted by Gasteiger charge is -2.36. The predicted octanol–water partition coefficient (Wildman–Crippen LogP) is 0.778. The number of amides is 1. The maximum Gasteiger partial charge on any atom is 0.259 e. The van der Waals surface area contributed by atoms with E-state index in [-0.39, 0.29) is 11.9 Å². The van der Waals surface area contributed by atoms with Crippen LogP contribution in [-0.4, -0.2) is 83.9 Å². The molecule has 0 saturated carbocycles. The Morgan fingerprint density at radius 3 is 2.84 bits per heavy atom. The molecule has 7 heteroatoms. The van der Waals surface area contributed by atoms with Crippen LogP contribution in [0.15, 0.2) is 18.3 Å². The molecule has 1 amide bonds. The van der Waals surface area contributed by atoms with Crippen LogP contribution in [0.4, 0.5) is 0 Å². The van der Waals surface area contributed by atoms with Gasteiger partial charge in [0.1, 0.15) is 5.56 Å². The Labute approximate surface area is 148 Å². The highest BCUT2D eigenvalue weighted by atomic mass is 16.5. The fraction of sp³-hybridized carbons (Fsp3) is 0.667. The number of hydrogen-bond donors (Lipinski definition) is 1. The molecule has 0 bridgehead atoms. The van der Waals surface area contributed by atoms with Crippen molar-refractivity contribution in [3.05, 3.63) is 23.9 Å². The molecule has 2 aliphatic rings. The highest BCUT2D eigenvalue weighted by molar-refractivity contribution is 5.96. The molecule has 0 aromatic carbocycles. The number of aromatic nitrogens is 1. The monoisotopic (exact) mass is 349 g/mol. The summed E-state index contributed by atoms with van der Waals surface area (Å²) in [5.74, 6) is 0.302. The average molecular weight is 349 g/mol. The van der Waals surface area contributed by atoms with Gasteiger partial charge in [0.2, 0.25) is 5.88 Å². The van der Waals surface area contributed by atoms with Gasteiger partial charge in [-0.25, -0.2) is 4.98 Å². The van der Waals surface area contributed by atoms with E-state index in [0.717, 1.165) is 19.5 Å². The second kappa shape index (κ2) is 8.60. The first-order chi connectivity index (χ1) is 12.2. The molecular formula is C18H27N3O4. The van der Waals surface area contributed by atoms with E-state index in [1.54, 1.807) is 18.3 Å². The molecule has 1 aromatic heterocycles. The van der Waals surface area contributed by atoms with Gasteiger partial charge in [0.15, 0.2) is 0 Å². The topological polar surface area (TPSA) is 75.1 Å². The normalized spacial score (nSPS) is 25.4. The quantitative estimate of drug-likeness (QED) is 0.866. The summed E-state index contributed by atoms with van der Waals surface area (Å²) in [6.07, 6.45) is 2.55. The van der Waals surface area contributed by atoms with Gasteiger partial charge in [-0.3, -0.25) is 9.69 Å². The van der Waals surface area contributed by atoms with Crippen molar-refractivity contribution in [1.82, 2.24) is 14.8 Å². The largest absolute Gasteiger partial charge is 0.477 e. The number of pyridine rings is 1. The Morgan fingerprint density at radius 1 is 1.32 bits per heavy atom. The Morgan fingerprint density at radius 2 is 2.08 bits per heavy atom. The fourth-order valence-electron chi connectivity index (χ4n) is 3.59. The summed E-state index contributed by atoms with van der Waals surface area (Å²) in [6, 6.07) is 3.59. The van der Waals surface area contributed by atoms with Crippen LogP contribution in [0.3, 0.4) is 0 Å². The zero-order valence-corrected chi connectivity index (χ0v) is 14.8. The number of carbonyl (C=O) groups excluding carboxylic acids is 1. The molecule has 0 spiro atoms. The van der Waals surface area contributed by atoms with Crippen molar-refractivity contribution in [1.29, 1.82) is 0 Å². The minimum atomic E-state index is -0.420. The van der Waals surface area contributed by atoms with E-state index in [9.17, 15) is 9.90 Å². The van der Waals surface area contributed by atoms with Gasteiger partial charge in [-0.15, -0.1) is 0 Å². The van der Waals surface area contributed by atoms with Gasteiger partial charge < -0.3 is 19.5 Å². The van der Waals surface area contributed by atoms with E-state index in [1.165, 1.54) is 0 Å². The maximum absolute atomic E-state index is 12.9. The van der Waals surface area contributed by atoms with Crippen molar-refractivity contribution in [2.45, 2.75) is 31.9 Å². The van der Waals surface area contributed by atoms with Crippen LogP contribution >= 0.6 is 0 Å². The zero-order chi connectivity index (χ0) is 17.6. The minimum Gasteiger partial charge on any atom is -0.477 e. The Bertz CT molecular complexity index is 577. The van der Waals surface area contributed by atoms with Crippen LogP contribution in [0.1, 0.15) is 30.1 Å². The highest BCUT2D eigenvalue weighted by Gasteiger charge is 2.32. The van der Waals surface area contributed by atoms with E-state index in [2.05, 4.69) is 9.88 Å². The third kappa shape index (κ3) is 4.29. The van der Waals surface area contributed by atoms with E-state index in [0.29, 0.717) is 50.8 Å². The molecule has 3 heterocycles. The smallest absolute Gasteiger partial charge is 0.259 e. The second-order valence-corrected chi connectivity index (χ2v) is 6.44. The van der Waals surface area contributed by atoms with Crippen LogP contribution in [0.5, 0.6) is 5.88 Å². The summed E-state index contributed by atoms with van der Waals surface area (Å²) in [5.41, 5.74) is 0.490. The molecule has 1 aromatic rings. The summed E-state index contributed by atoms with van der Waals surface area (Å²) in [5, 5.41) is 10.6. The molecule has 2 fully saturated rings. The van der Waals surface area contributed by atoms with Gasteiger partial charge in [0, 0.05) is 38.4 Å². The van der Waals surface area contributed by atoms with Gasteiger partial charge in [0.25, 0.3) is 5.91 Å². The molecule has 2 saturated heterocycles. The van der Waals surface area contributed by atoms with Crippen molar-refractivity contribution in [2.24, 2.45) is 0 Å². The molecular weight excluding hydrogens is 322 g/mol. The lowest BCUT2D eigenvalue weighted by atomic mass is 10.0. The number of hydrogen-bond acceptors (Lipinski definition) is 6. The van der Waals surface area contributed by atoms with Crippen molar-refractivity contribution in [2.75, 3.05) is 46.0 Å².